The molecule has 0 radical (unpaired) electrons. The molecular formula is C26H37KO5S. The van der Waals surface area contributed by atoms with Gasteiger partial charge in [0.25, 0.3) is 10.1 Å². The molecular weight excluding hydrogens is 463 g/mol. The van der Waals surface area contributed by atoms with Crippen LogP contribution in [0, 0.1) is 0 Å². The minimum Gasteiger partial charge on any atom is -0.872 e. The molecule has 0 heterocycles. The van der Waals surface area contributed by atoms with Gasteiger partial charge < -0.3 is 9.84 Å². The topological polar surface area (TPSA) is 86.7 Å². The van der Waals surface area contributed by atoms with Gasteiger partial charge in [-0.1, -0.05) is 102 Å². The van der Waals surface area contributed by atoms with Crippen LogP contribution >= 0.6 is 0 Å². The second-order valence-electron chi connectivity index (χ2n) is 8.43. The number of para-hydroxylation sites is 1. The van der Waals surface area contributed by atoms with Gasteiger partial charge in [-0.15, -0.1) is 5.75 Å². The van der Waals surface area contributed by atoms with E-state index in [1.54, 1.807) is 12.1 Å². The predicted octanol–water partition coefficient (Wildman–Crippen LogP) is 4.05. The van der Waals surface area contributed by atoms with E-state index >= 15 is 0 Å². The van der Waals surface area contributed by atoms with Gasteiger partial charge in [-0.25, -0.2) is 0 Å². The smallest absolute Gasteiger partial charge is 0.872 e. The van der Waals surface area contributed by atoms with Crippen molar-refractivity contribution in [1.82, 2.24) is 0 Å². The summed E-state index contributed by atoms with van der Waals surface area (Å²) in [6.45, 7) is 2.25. The van der Waals surface area contributed by atoms with Gasteiger partial charge in [0, 0.05) is 0 Å². The van der Waals surface area contributed by atoms with E-state index in [2.05, 4.69) is 6.92 Å². The second-order valence-corrected chi connectivity index (χ2v) is 9.82. The van der Waals surface area contributed by atoms with Gasteiger partial charge in [0.05, 0.1) is 0 Å². The molecule has 0 saturated carbocycles. The third-order valence-corrected chi connectivity index (χ3v) is 6.58. The largest absolute Gasteiger partial charge is 1.00 e. The van der Waals surface area contributed by atoms with E-state index in [1.807, 2.05) is 12.1 Å². The Hall–Kier alpha value is -0.414. The summed E-state index contributed by atoms with van der Waals surface area (Å²) in [4.78, 5) is -0.405. The average Bonchev–Trinajstić information content (AvgIpc) is 2.75. The van der Waals surface area contributed by atoms with Crippen molar-refractivity contribution >= 4 is 10.1 Å². The summed E-state index contributed by atoms with van der Waals surface area (Å²) < 4.78 is 38.4. The predicted molar refractivity (Wildman–Crippen MR) is 127 cm³/mol. The quantitative estimate of drug-likeness (QED) is 0.213. The summed E-state index contributed by atoms with van der Waals surface area (Å²) in [5.41, 5.74) is 0.956. The van der Waals surface area contributed by atoms with Crippen LogP contribution in [-0.4, -0.2) is 13.0 Å². The third kappa shape index (κ3) is 12.2. The monoisotopic (exact) mass is 500 g/mol. The number of aryl methyl sites for hydroxylation is 1. The van der Waals surface area contributed by atoms with Crippen molar-refractivity contribution in [3.05, 3.63) is 48.0 Å². The molecule has 7 heteroatoms. The second kappa shape index (κ2) is 17.1. The number of rotatable bonds is 16. The maximum absolute atomic E-state index is 11.7. The van der Waals surface area contributed by atoms with Crippen LogP contribution in [0.5, 0.6) is 17.2 Å². The van der Waals surface area contributed by atoms with E-state index in [0.29, 0.717) is 5.75 Å². The summed E-state index contributed by atoms with van der Waals surface area (Å²) in [7, 11) is -4.49. The Kier molecular flexibility index (Phi) is 15.9. The molecule has 0 saturated heterocycles. The Balaban J connectivity index is 0.00000544. The van der Waals surface area contributed by atoms with Crippen molar-refractivity contribution in [2.24, 2.45) is 0 Å². The first kappa shape index (κ1) is 30.6. The Morgan fingerprint density at radius 2 is 1.33 bits per heavy atom. The van der Waals surface area contributed by atoms with Crippen LogP contribution in [0.2, 0.25) is 0 Å². The van der Waals surface area contributed by atoms with Gasteiger partial charge in [-0.05, 0) is 36.6 Å². The number of benzene rings is 2. The number of hydrogen-bond donors (Lipinski definition) is 1. The maximum atomic E-state index is 11.7. The fourth-order valence-electron chi connectivity index (χ4n) is 3.87. The van der Waals surface area contributed by atoms with E-state index in [9.17, 15) is 18.1 Å². The van der Waals surface area contributed by atoms with E-state index < -0.39 is 15.0 Å². The molecule has 0 aliphatic heterocycles. The Bertz CT molecular complexity index is 915. The molecule has 178 valence electrons. The molecule has 0 atom stereocenters. The molecule has 5 nitrogen and oxygen atoms in total. The first-order chi connectivity index (χ1) is 15.4. The number of ether oxygens (including phenoxy) is 1. The zero-order valence-electron chi connectivity index (χ0n) is 20.2. The van der Waals surface area contributed by atoms with Gasteiger partial charge in [-0.3, -0.25) is 4.55 Å². The zero-order valence-corrected chi connectivity index (χ0v) is 24.2. The first-order valence-electron chi connectivity index (χ1n) is 12.0. The number of unbranched alkanes of at least 4 members (excludes halogenated alkanes) is 11. The standard InChI is InChI=1S/C26H38O5S.K/c1-2-3-4-5-6-7-8-9-10-11-12-13-16-22-17-14-15-18-24(22)31-25-21-23(27)19-20-26(25)32(28,29)30;/h14-15,17-21,27H,2-13,16H2,1H3,(H,28,29,30);/q;+1/p-1. The molecule has 2 rings (SSSR count). The fourth-order valence-corrected chi connectivity index (χ4v) is 4.46. The summed E-state index contributed by atoms with van der Waals surface area (Å²) in [5, 5.41) is 11.7. The Labute approximate surface area is 242 Å². The van der Waals surface area contributed by atoms with E-state index in [4.69, 9.17) is 4.74 Å². The van der Waals surface area contributed by atoms with E-state index in [1.165, 1.54) is 64.2 Å². The van der Waals surface area contributed by atoms with E-state index in [-0.39, 0.29) is 62.9 Å². The molecule has 0 aromatic heterocycles. The fraction of sp³-hybridized carbons (Fsp3) is 0.538. The molecule has 0 aliphatic carbocycles. The van der Waals surface area contributed by atoms with Gasteiger partial charge in [0.15, 0.2) is 0 Å². The maximum Gasteiger partial charge on any atom is 1.00 e. The van der Waals surface area contributed by atoms with Crippen LogP contribution in [0.15, 0.2) is 47.4 Å². The number of hydrogen-bond acceptors (Lipinski definition) is 4. The molecule has 1 N–H and O–H groups in total. The molecule has 2 aromatic rings. The Morgan fingerprint density at radius 1 is 0.788 bits per heavy atom. The van der Waals surface area contributed by atoms with Gasteiger partial charge >= 0.3 is 51.4 Å². The molecule has 33 heavy (non-hydrogen) atoms. The Morgan fingerprint density at radius 3 is 1.91 bits per heavy atom. The minimum atomic E-state index is -4.49. The molecule has 2 aromatic carbocycles. The van der Waals surface area contributed by atoms with Crippen LogP contribution in [-0.2, 0) is 16.5 Å². The molecule has 0 bridgehead atoms. The third-order valence-electron chi connectivity index (χ3n) is 5.69. The molecule has 0 spiro atoms. The van der Waals surface area contributed by atoms with Crippen LogP contribution < -0.4 is 61.2 Å². The molecule has 0 amide bonds. The SMILES string of the molecule is CCCCCCCCCCCCCCc1ccccc1Oc1cc([O-])ccc1S(=O)(=O)O.[K+]. The van der Waals surface area contributed by atoms with Crippen molar-refractivity contribution in [3.8, 4) is 17.2 Å². The van der Waals surface area contributed by atoms with Gasteiger partial charge in [-0.2, -0.15) is 8.42 Å². The normalized spacial score (nSPS) is 11.2. The van der Waals surface area contributed by atoms with Crippen molar-refractivity contribution in [2.45, 2.75) is 95.3 Å². The van der Waals surface area contributed by atoms with Crippen molar-refractivity contribution in [1.29, 1.82) is 0 Å². The summed E-state index contributed by atoms with van der Waals surface area (Å²) in [6.07, 6.45) is 16.2. The van der Waals surface area contributed by atoms with Crippen molar-refractivity contribution < 1.29 is 74.2 Å². The van der Waals surface area contributed by atoms with Crippen LogP contribution in [0.3, 0.4) is 0 Å². The van der Waals surface area contributed by atoms with E-state index in [0.717, 1.165) is 43.0 Å². The van der Waals surface area contributed by atoms with Crippen LogP contribution in [0.4, 0.5) is 0 Å². The molecule has 0 fully saturated rings. The van der Waals surface area contributed by atoms with Crippen LogP contribution in [0.25, 0.3) is 0 Å². The van der Waals surface area contributed by atoms with Crippen molar-refractivity contribution in [2.75, 3.05) is 0 Å². The van der Waals surface area contributed by atoms with Gasteiger partial charge in [0.1, 0.15) is 16.4 Å². The summed E-state index contributed by atoms with van der Waals surface area (Å²) >= 11 is 0. The summed E-state index contributed by atoms with van der Waals surface area (Å²) in [5.74, 6) is -0.0287. The van der Waals surface area contributed by atoms with Crippen LogP contribution in [0.1, 0.15) is 89.5 Å². The minimum absolute atomic E-state index is 0. The molecule has 0 unspecified atom stereocenters. The van der Waals surface area contributed by atoms with Gasteiger partial charge in [0.2, 0.25) is 0 Å². The molecule has 0 aliphatic rings. The first-order valence-corrected chi connectivity index (χ1v) is 13.4. The summed E-state index contributed by atoms with van der Waals surface area (Å²) in [6, 6.07) is 10.7. The average molecular weight is 501 g/mol. The van der Waals surface area contributed by atoms with Crippen molar-refractivity contribution in [3.63, 3.8) is 0 Å². The zero-order chi connectivity index (χ0) is 23.2.